The van der Waals surface area contributed by atoms with Crippen LogP contribution < -0.4 is 10.1 Å². The van der Waals surface area contributed by atoms with Crippen molar-refractivity contribution < 1.29 is 19.1 Å². The van der Waals surface area contributed by atoms with E-state index in [2.05, 4.69) is 5.32 Å². The van der Waals surface area contributed by atoms with Crippen LogP contribution >= 0.6 is 0 Å². The van der Waals surface area contributed by atoms with Gasteiger partial charge in [-0.2, -0.15) is 0 Å². The van der Waals surface area contributed by atoms with Gasteiger partial charge in [-0.3, -0.25) is 14.5 Å². The van der Waals surface area contributed by atoms with Crippen LogP contribution in [0.5, 0.6) is 11.5 Å². The van der Waals surface area contributed by atoms with E-state index in [-0.39, 0.29) is 24.3 Å². The molecule has 0 radical (unpaired) electrons. The molecule has 1 aliphatic rings. The van der Waals surface area contributed by atoms with Crippen LogP contribution in [-0.4, -0.2) is 43.0 Å². The summed E-state index contributed by atoms with van der Waals surface area (Å²) in [6, 6.07) is 16.8. The predicted octanol–water partition coefficient (Wildman–Crippen LogP) is 3.69. The van der Waals surface area contributed by atoms with Crippen molar-refractivity contribution in [3.8, 4) is 11.5 Å². The number of rotatable bonds is 7. The lowest BCUT2D eigenvalue weighted by Crippen LogP contribution is -2.43. The van der Waals surface area contributed by atoms with E-state index in [0.29, 0.717) is 30.3 Å². The summed E-state index contributed by atoms with van der Waals surface area (Å²) in [5.41, 5.74) is 0.621. The first-order valence-electron chi connectivity index (χ1n) is 9.66. The van der Waals surface area contributed by atoms with Crippen molar-refractivity contribution in [2.24, 2.45) is 5.92 Å². The molecule has 2 aromatic carbocycles. The molecule has 1 heterocycles. The number of nitrogens with zero attached hydrogens (tertiary/aromatic N) is 1. The molecule has 3 rings (SSSR count). The van der Waals surface area contributed by atoms with Crippen LogP contribution in [0.3, 0.4) is 0 Å². The highest BCUT2D eigenvalue weighted by Crippen LogP contribution is 2.29. The number of anilines is 1. The number of nitrogens with one attached hydrogen (secondary N) is 1. The number of esters is 1. The predicted molar refractivity (Wildman–Crippen MR) is 107 cm³/mol. The highest BCUT2D eigenvalue weighted by atomic mass is 16.5. The molecule has 1 amide bonds. The fourth-order valence-electron chi connectivity index (χ4n) is 3.32. The fourth-order valence-corrected chi connectivity index (χ4v) is 3.32. The zero-order valence-electron chi connectivity index (χ0n) is 16.1. The van der Waals surface area contributed by atoms with E-state index in [0.717, 1.165) is 19.4 Å². The smallest absolute Gasteiger partial charge is 0.310 e. The lowest BCUT2D eigenvalue weighted by molar-refractivity contribution is -0.150. The van der Waals surface area contributed by atoms with Crippen molar-refractivity contribution in [3.63, 3.8) is 0 Å². The molecule has 1 aliphatic heterocycles. The van der Waals surface area contributed by atoms with Crippen molar-refractivity contribution >= 4 is 17.6 Å². The quantitative estimate of drug-likeness (QED) is 0.740. The van der Waals surface area contributed by atoms with Crippen molar-refractivity contribution in [3.05, 3.63) is 54.6 Å². The molecule has 0 spiro atoms. The van der Waals surface area contributed by atoms with Gasteiger partial charge in [0.2, 0.25) is 5.91 Å². The summed E-state index contributed by atoms with van der Waals surface area (Å²) < 4.78 is 11.0. The van der Waals surface area contributed by atoms with Gasteiger partial charge in [0.05, 0.1) is 24.8 Å². The summed E-state index contributed by atoms with van der Waals surface area (Å²) in [6.07, 6.45) is 1.69. The molecule has 0 aliphatic carbocycles. The van der Waals surface area contributed by atoms with Crippen LogP contribution in [0, 0.1) is 5.92 Å². The van der Waals surface area contributed by atoms with Crippen molar-refractivity contribution in [2.45, 2.75) is 19.8 Å². The van der Waals surface area contributed by atoms with Crippen LogP contribution in [-0.2, 0) is 14.3 Å². The van der Waals surface area contributed by atoms with Crippen LogP contribution in [0.15, 0.2) is 54.6 Å². The van der Waals surface area contributed by atoms with Gasteiger partial charge in [-0.05, 0) is 50.6 Å². The highest BCUT2D eigenvalue weighted by Gasteiger charge is 2.27. The molecule has 0 unspecified atom stereocenters. The topological polar surface area (TPSA) is 67.9 Å². The number of carbonyl (C=O) groups is 2. The number of hydrogen-bond acceptors (Lipinski definition) is 5. The standard InChI is InChI=1S/C22H26N2O4/c1-2-27-22(26)17-9-8-14-24(15-17)16-21(25)23-19-12-6-7-13-20(19)28-18-10-4-3-5-11-18/h3-7,10-13,17H,2,8-9,14-16H2,1H3,(H,23,25)/t17-/m1/s1. The largest absolute Gasteiger partial charge is 0.466 e. The van der Waals surface area contributed by atoms with E-state index in [1.54, 1.807) is 6.92 Å². The molecular weight excluding hydrogens is 356 g/mol. The van der Waals surface area contributed by atoms with Gasteiger partial charge in [-0.15, -0.1) is 0 Å². The molecule has 6 nitrogen and oxygen atoms in total. The number of likely N-dealkylation sites (tertiary alicyclic amines) is 1. The van der Waals surface area contributed by atoms with Crippen LogP contribution in [0.4, 0.5) is 5.69 Å². The summed E-state index contributed by atoms with van der Waals surface area (Å²) in [5.74, 6) is 0.834. The Morgan fingerprint density at radius 2 is 1.86 bits per heavy atom. The molecular formula is C22H26N2O4. The molecule has 1 saturated heterocycles. The second-order valence-corrected chi connectivity index (χ2v) is 6.79. The second-order valence-electron chi connectivity index (χ2n) is 6.79. The maximum Gasteiger partial charge on any atom is 0.310 e. The van der Waals surface area contributed by atoms with Gasteiger partial charge in [0.25, 0.3) is 0 Å². The van der Waals surface area contributed by atoms with Gasteiger partial charge in [0, 0.05) is 6.54 Å². The van der Waals surface area contributed by atoms with Crippen LogP contribution in [0.25, 0.3) is 0 Å². The molecule has 0 bridgehead atoms. The van der Waals surface area contributed by atoms with E-state index in [1.807, 2.05) is 59.5 Å². The molecule has 6 heteroatoms. The SMILES string of the molecule is CCOC(=O)[C@@H]1CCCN(CC(=O)Nc2ccccc2Oc2ccccc2)C1. The van der Waals surface area contributed by atoms with E-state index in [4.69, 9.17) is 9.47 Å². The average Bonchev–Trinajstić information content (AvgIpc) is 2.70. The number of para-hydroxylation sites is 3. The Hall–Kier alpha value is -2.86. The molecule has 148 valence electrons. The van der Waals surface area contributed by atoms with Gasteiger partial charge >= 0.3 is 5.97 Å². The Morgan fingerprint density at radius 1 is 1.11 bits per heavy atom. The summed E-state index contributed by atoms with van der Waals surface area (Å²) >= 11 is 0. The van der Waals surface area contributed by atoms with E-state index >= 15 is 0 Å². The Morgan fingerprint density at radius 3 is 2.64 bits per heavy atom. The van der Waals surface area contributed by atoms with E-state index in [1.165, 1.54) is 0 Å². The number of amides is 1. The summed E-state index contributed by atoms with van der Waals surface area (Å²) in [6.45, 7) is 3.77. The van der Waals surface area contributed by atoms with Gasteiger partial charge in [0.1, 0.15) is 5.75 Å². The third-order valence-corrected chi connectivity index (χ3v) is 4.62. The molecule has 1 atom stereocenters. The highest BCUT2D eigenvalue weighted by molar-refractivity contribution is 5.93. The van der Waals surface area contributed by atoms with Gasteiger partial charge < -0.3 is 14.8 Å². The zero-order chi connectivity index (χ0) is 19.8. The normalized spacial score (nSPS) is 17.0. The lowest BCUT2D eigenvalue weighted by atomic mass is 9.98. The first kappa shape index (κ1) is 19.9. The van der Waals surface area contributed by atoms with E-state index in [9.17, 15) is 9.59 Å². The average molecular weight is 382 g/mol. The summed E-state index contributed by atoms with van der Waals surface area (Å²) in [5, 5.41) is 2.93. The number of benzene rings is 2. The molecule has 1 N–H and O–H groups in total. The Balaban J connectivity index is 1.58. The Bertz CT molecular complexity index is 794. The van der Waals surface area contributed by atoms with Crippen molar-refractivity contribution in [1.29, 1.82) is 0 Å². The lowest BCUT2D eigenvalue weighted by Gasteiger charge is -2.30. The van der Waals surface area contributed by atoms with Gasteiger partial charge in [-0.1, -0.05) is 30.3 Å². The second kappa shape index (κ2) is 9.90. The monoisotopic (exact) mass is 382 g/mol. The molecule has 2 aromatic rings. The molecule has 0 saturated carbocycles. The zero-order valence-corrected chi connectivity index (χ0v) is 16.1. The van der Waals surface area contributed by atoms with Crippen LogP contribution in [0.1, 0.15) is 19.8 Å². The third kappa shape index (κ3) is 5.57. The summed E-state index contributed by atoms with van der Waals surface area (Å²) in [4.78, 5) is 26.5. The maximum atomic E-state index is 12.6. The van der Waals surface area contributed by atoms with Crippen LogP contribution in [0.2, 0.25) is 0 Å². The minimum Gasteiger partial charge on any atom is -0.466 e. The molecule has 1 fully saturated rings. The molecule has 0 aromatic heterocycles. The van der Waals surface area contributed by atoms with Crippen molar-refractivity contribution in [1.82, 2.24) is 4.90 Å². The maximum absolute atomic E-state index is 12.6. The number of hydrogen-bond donors (Lipinski definition) is 1. The number of carbonyl (C=O) groups excluding carboxylic acids is 2. The third-order valence-electron chi connectivity index (χ3n) is 4.62. The van der Waals surface area contributed by atoms with Gasteiger partial charge in [-0.25, -0.2) is 0 Å². The molecule has 28 heavy (non-hydrogen) atoms. The minimum atomic E-state index is -0.172. The fraction of sp³-hybridized carbons (Fsp3) is 0.364. The van der Waals surface area contributed by atoms with E-state index < -0.39 is 0 Å². The number of ether oxygens (including phenoxy) is 2. The Labute approximate surface area is 165 Å². The number of piperidine rings is 1. The first-order chi connectivity index (χ1) is 13.7. The summed E-state index contributed by atoms with van der Waals surface area (Å²) in [7, 11) is 0. The van der Waals surface area contributed by atoms with Crippen molar-refractivity contribution in [2.75, 3.05) is 31.6 Å². The Kier molecular flexibility index (Phi) is 7.03. The minimum absolute atomic E-state index is 0.131. The first-order valence-corrected chi connectivity index (χ1v) is 9.66. The van der Waals surface area contributed by atoms with Gasteiger partial charge in [0.15, 0.2) is 5.75 Å².